The first kappa shape index (κ1) is 11.4. The van der Waals surface area contributed by atoms with Gasteiger partial charge >= 0.3 is 0 Å². The normalized spacial score (nSPS) is 20.2. The molecule has 0 bridgehead atoms. The summed E-state index contributed by atoms with van der Waals surface area (Å²) in [5.74, 6) is 0.587. The topological polar surface area (TPSA) is 15.6 Å². The van der Waals surface area contributed by atoms with E-state index >= 15 is 0 Å². The standard InChI is InChI=1S/C11H18N2S/c1-8(2)10-6-7-13(5)11(14-10)12-9(3)4/h6,8H,3,7H2,1-2,4-5H3/b12-11+. The maximum atomic E-state index is 4.42. The summed E-state index contributed by atoms with van der Waals surface area (Å²) in [6.45, 7) is 11.1. The third-order valence-electron chi connectivity index (χ3n) is 1.96. The molecule has 0 saturated heterocycles. The second-order valence-electron chi connectivity index (χ2n) is 3.87. The van der Waals surface area contributed by atoms with E-state index in [9.17, 15) is 0 Å². The molecule has 1 rings (SSSR count). The molecule has 0 atom stereocenters. The highest BCUT2D eigenvalue weighted by molar-refractivity contribution is 8.17. The third-order valence-corrected chi connectivity index (χ3v) is 3.42. The molecular weight excluding hydrogens is 192 g/mol. The van der Waals surface area contributed by atoms with Crippen molar-refractivity contribution in [2.24, 2.45) is 10.9 Å². The molecule has 0 aromatic rings. The van der Waals surface area contributed by atoms with Crippen molar-refractivity contribution in [1.29, 1.82) is 0 Å². The summed E-state index contributed by atoms with van der Waals surface area (Å²) in [5, 5.41) is 1.06. The second-order valence-corrected chi connectivity index (χ2v) is 4.91. The Labute approximate surface area is 90.8 Å². The number of hydrogen-bond acceptors (Lipinski definition) is 2. The Kier molecular flexibility index (Phi) is 3.81. The molecule has 0 aromatic heterocycles. The molecule has 14 heavy (non-hydrogen) atoms. The minimum absolute atomic E-state index is 0.587. The van der Waals surface area contributed by atoms with Crippen molar-refractivity contribution < 1.29 is 0 Å². The van der Waals surface area contributed by atoms with E-state index < -0.39 is 0 Å². The summed E-state index contributed by atoms with van der Waals surface area (Å²) >= 11 is 1.75. The van der Waals surface area contributed by atoms with E-state index in [1.54, 1.807) is 11.8 Å². The average molecular weight is 210 g/mol. The van der Waals surface area contributed by atoms with Gasteiger partial charge in [-0.25, -0.2) is 4.99 Å². The summed E-state index contributed by atoms with van der Waals surface area (Å²) in [4.78, 5) is 7.97. The summed E-state index contributed by atoms with van der Waals surface area (Å²) in [5.41, 5.74) is 0.865. The molecule has 1 aliphatic heterocycles. The van der Waals surface area contributed by atoms with Gasteiger partial charge in [0.25, 0.3) is 0 Å². The lowest BCUT2D eigenvalue weighted by Crippen LogP contribution is -2.28. The number of amidine groups is 1. The zero-order valence-electron chi connectivity index (χ0n) is 9.37. The average Bonchev–Trinajstić information content (AvgIpc) is 2.07. The van der Waals surface area contributed by atoms with Crippen LogP contribution in [-0.2, 0) is 0 Å². The Balaban J connectivity index is 2.81. The summed E-state index contributed by atoms with van der Waals surface area (Å²) < 4.78 is 0. The van der Waals surface area contributed by atoms with Gasteiger partial charge in [0, 0.05) is 19.3 Å². The molecule has 0 fully saturated rings. The van der Waals surface area contributed by atoms with Crippen molar-refractivity contribution in [2.45, 2.75) is 20.8 Å². The number of likely N-dealkylation sites (N-methyl/N-ethyl adjacent to an activating group) is 1. The van der Waals surface area contributed by atoms with Gasteiger partial charge in [-0.05, 0) is 17.7 Å². The van der Waals surface area contributed by atoms with Crippen LogP contribution in [0.25, 0.3) is 0 Å². The Bertz CT molecular complexity index is 290. The molecule has 1 aliphatic rings. The van der Waals surface area contributed by atoms with Crippen molar-refractivity contribution in [3.63, 3.8) is 0 Å². The van der Waals surface area contributed by atoms with Crippen LogP contribution < -0.4 is 0 Å². The minimum Gasteiger partial charge on any atom is -0.350 e. The Morgan fingerprint density at radius 3 is 2.79 bits per heavy atom. The van der Waals surface area contributed by atoms with E-state index in [4.69, 9.17) is 0 Å². The Morgan fingerprint density at radius 1 is 1.64 bits per heavy atom. The van der Waals surface area contributed by atoms with E-state index in [1.165, 1.54) is 4.91 Å². The Morgan fingerprint density at radius 2 is 2.29 bits per heavy atom. The van der Waals surface area contributed by atoms with Crippen LogP contribution in [-0.4, -0.2) is 23.7 Å². The molecule has 1 heterocycles. The SMILES string of the molecule is C=C(C)/N=C1/SC(C(C)C)=CCN1C. The second kappa shape index (κ2) is 4.69. The monoisotopic (exact) mass is 210 g/mol. The van der Waals surface area contributed by atoms with Crippen molar-refractivity contribution >= 4 is 16.9 Å². The lowest BCUT2D eigenvalue weighted by molar-refractivity contribution is 0.568. The van der Waals surface area contributed by atoms with Gasteiger partial charge in [0.15, 0.2) is 5.17 Å². The van der Waals surface area contributed by atoms with E-state index in [2.05, 4.69) is 43.4 Å². The molecule has 3 heteroatoms. The molecule has 78 valence electrons. The van der Waals surface area contributed by atoms with Gasteiger partial charge in [-0.1, -0.05) is 38.3 Å². The van der Waals surface area contributed by atoms with Crippen LogP contribution in [0.1, 0.15) is 20.8 Å². The van der Waals surface area contributed by atoms with Crippen molar-refractivity contribution in [3.05, 3.63) is 23.3 Å². The molecule has 0 aromatic carbocycles. The lowest BCUT2D eigenvalue weighted by atomic mass is 10.2. The number of thioether (sulfide) groups is 1. The zero-order chi connectivity index (χ0) is 10.7. The lowest BCUT2D eigenvalue weighted by Gasteiger charge is -2.26. The largest absolute Gasteiger partial charge is 0.350 e. The number of hydrogen-bond donors (Lipinski definition) is 0. The number of nitrogens with zero attached hydrogens (tertiary/aromatic N) is 2. The maximum Gasteiger partial charge on any atom is 0.168 e. The molecular formula is C11H18N2S. The van der Waals surface area contributed by atoms with E-state index in [0.29, 0.717) is 5.92 Å². The number of rotatable bonds is 2. The zero-order valence-corrected chi connectivity index (χ0v) is 10.2. The van der Waals surface area contributed by atoms with Crippen LogP contribution in [0.3, 0.4) is 0 Å². The minimum atomic E-state index is 0.587. The van der Waals surface area contributed by atoms with Crippen molar-refractivity contribution in [1.82, 2.24) is 4.90 Å². The summed E-state index contributed by atoms with van der Waals surface area (Å²) in [6, 6.07) is 0. The summed E-state index contributed by atoms with van der Waals surface area (Å²) in [7, 11) is 2.06. The van der Waals surface area contributed by atoms with Gasteiger partial charge < -0.3 is 4.90 Å². The van der Waals surface area contributed by atoms with E-state index in [1.807, 2.05) is 6.92 Å². The van der Waals surface area contributed by atoms with Gasteiger partial charge in [0.2, 0.25) is 0 Å². The van der Waals surface area contributed by atoms with Crippen LogP contribution in [0.5, 0.6) is 0 Å². The first-order valence-corrected chi connectivity index (χ1v) is 5.65. The Hall–Kier alpha value is -0.700. The van der Waals surface area contributed by atoms with Crippen molar-refractivity contribution in [2.75, 3.05) is 13.6 Å². The molecule has 0 unspecified atom stereocenters. The first-order valence-electron chi connectivity index (χ1n) is 4.84. The molecule has 0 saturated carbocycles. The molecule has 0 radical (unpaired) electrons. The highest BCUT2D eigenvalue weighted by Gasteiger charge is 2.17. The van der Waals surface area contributed by atoms with Gasteiger partial charge in [-0.2, -0.15) is 0 Å². The van der Waals surface area contributed by atoms with Crippen LogP contribution in [0, 0.1) is 5.92 Å². The fourth-order valence-corrected chi connectivity index (χ4v) is 2.19. The van der Waals surface area contributed by atoms with Crippen LogP contribution in [0.2, 0.25) is 0 Å². The third kappa shape index (κ3) is 2.91. The van der Waals surface area contributed by atoms with Gasteiger partial charge in [-0.3, -0.25) is 0 Å². The molecule has 0 N–H and O–H groups in total. The highest BCUT2D eigenvalue weighted by Crippen LogP contribution is 2.30. The van der Waals surface area contributed by atoms with Crippen LogP contribution >= 0.6 is 11.8 Å². The van der Waals surface area contributed by atoms with Gasteiger partial charge in [0.1, 0.15) is 0 Å². The molecule has 2 nitrogen and oxygen atoms in total. The first-order chi connectivity index (χ1) is 6.50. The van der Waals surface area contributed by atoms with E-state index in [-0.39, 0.29) is 0 Å². The fraction of sp³-hybridized carbons (Fsp3) is 0.545. The predicted octanol–water partition coefficient (Wildman–Crippen LogP) is 3.09. The molecule has 0 spiro atoms. The van der Waals surface area contributed by atoms with Crippen LogP contribution in [0.4, 0.5) is 0 Å². The smallest absolute Gasteiger partial charge is 0.168 e. The van der Waals surface area contributed by atoms with E-state index in [0.717, 1.165) is 17.4 Å². The number of allylic oxidation sites excluding steroid dienone is 2. The predicted molar refractivity (Wildman–Crippen MR) is 65.4 cm³/mol. The quantitative estimate of drug-likeness (QED) is 0.696. The number of aliphatic imine (C=N–C) groups is 1. The highest BCUT2D eigenvalue weighted by atomic mass is 32.2. The fourth-order valence-electron chi connectivity index (χ4n) is 1.15. The van der Waals surface area contributed by atoms with Gasteiger partial charge in [0.05, 0.1) is 0 Å². The molecule has 0 aliphatic carbocycles. The van der Waals surface area contributed by atoms with Crippen molar-refractivity contribution in [3.8, 4) is 0 Å². The van der Waals surface area contributed by atoms with Crippen LogP contribution in [0.15, 0.2) is 28.2 Å². The van der Waals surface area contributed by atoms with Gasteiger partial charge in [-0.15, -0.1) is 0 Å². The maximum absolute atomic E-state index is 4.42. The molecule has 0 amide bonds. The summed E-state index contributed by atoms with van der Waals surface area (Å²) in [6.07, 6.45) is 2.27.